The molecule has 0 radical (unpaired) electrons. The third kappa shape index (κ3) is 3.14. The van der Waals surface area contributed by atoms with Crippen LogP contribution in [0.25, 0.3) is 16.9 Å². The van der Waals surface area contributed by atoms with Crippen molar-refractivity contribution in [3.05, 3.63) is 72.1 Å². The van der Waals surface area contributed by atoms with Gasteiger partial charge in [0.2, 0.25) is 0 Å². The van der Waals surface area contributed by atoms with E-state index in [4.69, 9.17) is 0 Å². The summed E-state index contributed by atoms with van der Waals surface area (Å²) in [6.45, 7) is 0.168. The van der Waals surface area contributed by atoms with E-state index < -0.39 is 11.8 Å². The van der Waals surface area contributed by atoms with Crippen LogP contribution in [-0.4, -0.2) is 37.2 Å². The summed E-state index contributed by atoms with van der Waals surface area (Å²) in [4.78, 5) is 20.0. The quantitative estimate of drug-likeness (QED) is 0.517. The van der Waals surface area contributed by atoms with E-state index in [1.165, 1.54) is 42.5 Å². The van der Waals surface area contributed by atoms with Crippen LogP contribution in [0.4, 0.5) is 8.78 Å². The standard InChI is InChI=1S/C18H13F2N5O2/c1-27-18(26)17-21-10-24(23-17)9-14-16(11-2-4-12(19)5-3-11)22-15-7-6-13(20)8-25(14)15/h2-8,10H,9H2,1H3. The Morgan fingerprint density at radius 3 is 2.59 bits per heavy atom. The fourth-order valence-electron chi connectivity index (χ4n) is 2.77. The van der Waals surface area contributed by atoms with E-state index in [9.17, 15) is 13.6 Å². The number of nitrogens with zero attached hydrogens (tertiary/aromatic N) is 5. The lowest BCUT2D eigenvalue weighted by Crippen LogP contribution is -2.08. The van der Waals surface area contributed by atoms with Crippen LogP contribution in [0.5, 0.6) is 0 Å². The van der Waals surface area contributed by atoms with Crippen LogP contribution in [0.15, 0.2) is 48.9 Å². The van der Waals surface area contributed by atoms with Crippen LogP contribution < -0.4 is 0 Å². The molecule has 4 aromatic rings. The van der Waals surface area contributed by atoms with Gasteiger partial charge in [-0.3, -0.25) is 4.40 Å². The Morgan fingerprint density at radius 2 is 1.85 bits per heavy atom. The minimum absolute atomic E-state index is 0.0826. The predicted molar refractivity (Wildman–Crippen MR) is 91.0 cm³/mol. The predicted octanol–water partition coefficient (Wildman–Crippen LogP) is 2.71. The summed E-state index contributed by atoms with van der Waals surface area (Å²) in [6.07, 6.45) is 2.68. The number of benzene rings is 1. The first-order valence-electron chi connectivity index (χ1n) is 7.95. The second kappa shape index (κ2) is 6.60. The number of halogens is 2. The summed E-state index contributed by atoms with van der Waals surface area (Å²) in [6, 6.07) is 8.71. The fourth-order valence-corrected chi connectivity index (χ4v) is 2.77. The number of methoxy groups -OCH3 is 1. The number of hydrogen-bond acceptors (Lipinski definition) is 5. The van der Waals surface area contributed by atoms with Crippen molar-refractivity contribution in [1.82, 2.24) is 24.1 Å². The van der Waals surface area contributed by atoms with Gasteiger partial charge < -0.3 is 4.74 Å². The van der Waals surface area contributed by atoms with Crippen molar-refractivity contribution in [2.24, 2.45) is 0 Å². The Bertz CT molecular complexity index is 1130. The lowest BCUT2D eigenvalue weighted by Gasteiger charge is -2.06. The van der Waals surface area contributed by atoms with E-state index in [0.29, 0.717) is 22.6 Å². The van der Waals surface area contributed by atoms with Crippen LogP contribution in [0, 0.1) is 11.6 Å². The number of imidazole rings is 1. The Labute approximate surface area is 151 Å². The zero-order valence-electron chi connectivity index (χ0n) is 14.1. The number of ether oxygens (including phenoxy) is 1. The highest BCUT2D eigenvalue weighted by atomic mass is 19.1. The highest BCUT2D eigenvalue weighted by Gasteiger charge is 2.17. The number of fused-ring (bicyclic) bond motifs is 1. The number of carbonyl (C=O) groups excluding carboxylic acids is 1. The molecule has 0 bridgehead atoms. The molecule has 0 unspecified atom stereocenters. The van der Waals surface area contributed by atoms with Crippen LogP contribution >= 0.6 is 0 Å². The molecular weight excluding hydrogens is 356 g/mol. The number of hydrogen-bond donors (Lipinski definition) is 0. The highest BCUT2D eigenvalue weighted by molar-refractivity contribution is 5.84. The smallest absolute Gasteiger partial charge is 0.377 e. The molecule has 4 rings (SSSR count). The van der Waals surface area contributed by atoms with Gasteiger partial charge >= 0.3 is 5.97 Å². The Hall–Kier alpha value is -3.62. The number of pyridine rings is 1. The molecule has 0 N–H and O–H groups in total. The van der Waals surface area contributed by atoms with Gasteiger partial charge in [0, 0.05) is 11.8 Å². The monoisotopic (exact) mass is 369 g/mol. The van der Waals surface area contributed by atoms with E-state index >= 15 is 0 Å². The summed E-state index contributed by atoms with van der Waals surface area (Å²) >= 11 is 0. The topological polar surface area (TPSA) is 74.3 Å². The van der Waals surface area contributed by atoms with E-state index in [0.717, 1.165) is 0 Å². The van der Waals surface area contributed by atoms with Crippen molar-refractivity contribution in [2.45, 2.75) is 6.54 Å². The average molecular weight is 369 g/mol. The summed E-state index contributed by atoms with van der Waals surface area (Å²) in [5, 5.41) is 4.07. The SMILES string of the molecule is COC(=O)c1ncn(Cc2c(-c3ccc(F)cc3)nc3ccc(F)cn23)n1. The third-order valence-corrected chi connectivity index (χ3v) is 4.02. The molecule has 0 aliphatic rings. The summed E-state index contributed by atoms with van der Waals surface area (Å²) in [5.74, 6) is -1.53. The van der Waals surface area contributed by atoms with Crippen molar-refractivity contribution < 1.29 is 18.3 Å². The molecule has 0 amide bonds. The molecule has 1 aromatic carbocycles. The fraction of sp³-hybridized carbons (Fsp3) is 0.111. The molecule has 3 aromatic heterocycles. The van der Waals surface area contributed by atoms with Crippen molar-refractivity contribution >= 4 is 11.6 Å². The first-order chi connectivity index (χ1) is 13.0. The minimum atomic E-state index is -0.656. The van der Waals surface area contributed by atoms with Gasteiger partial charge in [0.05, 0.1) is 25.0 Å². The van der Waals surface area contributed by atoms with Gasteiger partial charge in [-0.2, -0.15) is 0 Å². The molecule has 0 saturated heterocycles. The molecule has 0 saturated carbocycles. The molecule has 0 aliphatic heterocycles. The molecule has 3 heterocycles. The molecule has 136 valence electrons. The normalized spacial score (nSPS) is 11.1. The average Bonchev–Trinajstić information content (AvgIpc) is 3.27. The molecule has 0 spiro atoms. The van der Waals surface area contributed by atoms with Crippen LogP contribution in [0.3, 0.4) is 0 Å². The Morgan fingerprint density at radius 1 is 1.11 bits per heavy atom. The molecule has 0 fully saturated rings. The van der Waals surface area contributed by atoms with Gasteiger partial charge in [0.25, 0.3) is 5.82 Å². The zero-order valence-corrected chi connectivity index (χ0v) is 14.1. The lowest BCUT2D eigenvalue weighted by atomic mass is 10.1. The van der Waals surface area contributed by atoms with Crippen LogP contribution in [0.2, 0.25) is 0 Å². The van der Waals surface area contributed by atoms with Gasteiger partial charge in [-0.15, -0.1) is 5.10 Å². The highest BCUT2D eigenvalue weighted by Crippen LogP contribution is 2.26. The maximum Gasteiger partial charge on any atom is 0.377 e. The first kappa shape index (κ1) is 16.8. The maximum absolute atomic E-state index is 13.8. The number of rotatable bonds is 4. The number of carbonyl (C=O) groups is 1. The lowest BCUT2D eigenvalue weighted by molar-refractivity contribution is 0.0586. The van der Waals surface area contributed by atoms with Gasteiger partial charge in [-0.1, -0.05) is 0 Å². The molecule has 0 aliphatic carbocycles. The van der Waals surface area contributed by atoms with E-state index in [1.54, 1.807) is 22.6 Å². The number of aromatic nitrogens is 5. The zero-order chi connectivity index (χ0) is 19.0. The third-order valence-electron chi connectivity index (χ3n) is 4.02. The summed E-state index contributed by atoms with van der Waals surface area (Å²) in [7, 11) is 1.24. The van der Waals surface area contributed by atoms with Crippen molar-refractivity contribution in [1.29, 1.82) is 0 Å². The van der Waals surface area contributed by atoms with Crippen LogP contribution in [0.1, 0.15) is 16.3 Å². The largest absolute Gasteiger partial charge is 0.463 e. The molecule has 9 heteroatoms. The van der Waals surface area contributed by atoms with E-state index in [1.807, 2.05) is 0 Å². The Kier molecular flexibility index (Phi) is 4.11. The Balaban J connectivity index is 1.83. The molecular formula is C18H13F2N5O2. The summed E-state index contributed by atoms with van der Waals surface area (Å²) < 4.78 is 34.7. The second-order valence-corrected chi connectivity index (χ2v) is 5.75. The van der Waals surface area contributed by atoms with Gasteiger partial charge in [0.1, 0.15) is 23.6 Å². The van der Waals surface area contributed by atoms with Gasteiger partial charge in [0.15, 0.2) is 0 Å². The summed E-state index contributed by atoms with van der Waals surface area (Å²) in [5.41, 5.74) is 2.36. The maximum atomic E-state index is 13.8. The second-order valence-electron chi connectivity index (χ2n) is 5.75. The van der Waals surface area contributed by atoms with Crippen molar-refractivity contribution in [3.63, 3.8) is 0 Å². The molecule has 0 atom stereocenters. The van der Waals surface area contributed by atoms with Gasteiger partial charge in [-0.05, 0) is 36.4 Å². The van der Waals surface area contributed by atoms with Crippen LogP contribution in [-0.2, 0) is 11.3 Å². The molecule has 7 nitrogen and oxygen atoms in total. The number of esters is 1. The molecule has 27 heavy (non-hydrogen) atoms. The van der Waals surface area contributed by atoms with Crippen molar-refractivity contribution in [3.8, 4) is 11.3 Å². The van der Waals surface area contributed by atoms with E-state index in [-0.39, 0.29) is 18.2 Å². The first-order valence-corrected chi connectivity index (χ1v) is 7.95. The van der Waals surface area contributed by atoms with Crippen molar-refractivity contribution in [2.75, 3.05) is 7.11 Å². The van der Waals surface area contributed by atoms with E-state index in [2.05, 4.69) is 19.8 Å². The van der Waals surface area contributed by atoms with Gasteiger partial charge in [-0.25, -0.2) is 28.2 Å². The minimum Gasteiger partial charge on any atom is -0.463 e.